The zero-order chi connectivity index (χ0) is 8.27. The first-order valence-electron chi connectivity index (χ1n) is 3.31. The lowest BCUT2D eigenvalue weighted by Crippen LogP contribution is -2.05. The van der Waals surface area contributed by atoms with E-state index in [2.05, 4.69) is 10.3 Å². The number of nitrogens with one attached hydrogen (secondary N) is 1. The Labute approximate surface area is 64.2 Å². The van der Waals surface area contributed by atoms with E-state index >= 15 is 0 Å². The van der Waals surface area contributed by atoms with Crippen LogP contribution in [0.1, 0.15) is 5.69 Å². The van der Waals surface area contributed by atoms with Crippen LogP contribution in [0, 0.1) is 6.92 Å². The van der Waals surface area contributed by atoms with Crippen molar-refractivity contribution in [1.29, 1.82) is 0 Å². The molecule has 5 heteroatoms. The summed E-state index contributed by atoms with van der Waals surface area (Å²) >= 11 is 0. The molecule has 1 rings (SSSR count). The van der Waals surface area contributed by atoms with E-state index < -0.39 is 0 Å². The number of nitrogens with zero attached hydrogens (tertiary/aromatic N) is 1. The molecule has 0 unspecified atom stereocenters. The van der Waals surface area contributed by atoms with Crippen LogP contribution in [0.3, 0.4) is 0 Å². The molecule has 0 saturated heterocycles. The molecule has 1 heterocycles. The summed E-state index contributed by atoms with van der Waals surface area (Å²) in [5, 5.41) is 11.3. The van der Waals surface area contributed by atoms with Gasteiger partial charge < -0.3 is 20.6 Å². The van der Waals surface area contributed by atoms with E-state index in [-0.39, 0.29) is 12.6 Å². The summed E-state index contributed by atoms with van der Waals surface area (Å²) in [5.74, 6) is 0.525. The normalized spacial score (nSPS) is 10.0. The van der Waals surface area contributed by atoms with Gasteiger partial charge in [-0.3, -0.25) is 0 Å². The number of hydrogen-bond donors (Lipinski definition) is 3. The summed E-state index contributed by atoms with van der Waals surface area (Å²) in [4.78, 5) is 3.83. The standard InChI is InChI=1S/C6H11N3O2/c1-4-5(8-2-3-10)11-6(7)9-4/h8,10H,2-3H2,1H3,(H2,7,9). The average molecular weight is 157 g/mol. The number of aliphatic hydroxyl groups is 1. The van der Waals surface area contributed by atoms with Crippen molar-refractivity contribution in [3.8, 4) is 0 Å². The van der Waals surface area contributed by atoms with Crippen LogP contribution in [0.2, 0.25) is 0 Å². The number of hydrogen-bond acceptors (Lipinski definition) is 5. The lowest BCUT2D eigenvalue weighted by atomic mass is 10.5. The van der Waals surface area contributed by atoms with Crippen molar-refractivity contribution >= 4 is 11.9 Å². The maximum absolute atomic E-state index is 8.47. The highest BCUT2D eigenvalue weighted by molar-refractivity contribution is 5.39. The lowest BCUT2D eigenvalue weighted by Gasteiger charge is -1.97. The first-order valence-corrected chi connectivity index (χ1v) is 3.31. The number of anilines is 2. The Balaban J connectivity index is 2.62. The highest BCUT2D eigenvalue weighted by Gasteiger charge is 2.04. The molecule has 4 N–H and O–H groups in total. The number of rotatable bonds is 3. The van der Waals surface area contributed by atoms with Crippen molar-refractivity contribution in [1.82, 2.24) is 4.98 Å². The number of nitrogens with two attached hydrogens (primary N) is 1. The molecule has 0 spiro atoms. The number of oxazole rings is 1. The third kappa shape index (κ3) is 1.84. The monoisotopic (exact) mass is 157 g/mol. The quantitative estimate of drug-likeness (QED) is 0.573. The summed E-state index contributed by atoms with van der Waals surface area (Å²) in [7, 11) is 0. The molecule has 0 atom stereocenters. The van der Waals surface area contributed by atoms with Crippen LogP contribution < -0.4 is 11.1 Å². The maximum Gasteiger partial charge on any atom is 0.293 e. The van der Waals surface area contributed by atoms with Gasteiger partial charge in [-0.2, -0.15) is 4.98 Å². The molecule has 1 aromatic heterocycles. The van der Waals surface area contributed by atoms with Crippen LogP contribution >= 0.6 is 0 Å². The minimum atomic E-state index is 0.0556. The van der Waals surface area contributed by atoms with Gasteiger partial charge >= 0.3 is 0 Å². The molecule has 0 radical (unpaired) electrons. The van der Waals surface area contributed by atoms with Gasteiger partial charge in [-0.1, -0.05) is 0 Å². The van der Waals surface area contributed by atoms with Gasteiger partial charge in [0.15, 0.2) is 0 Å². The highest BCUT2D eigenvalue weighted by Crippen LogP contribution is 2.16. The summed E-state index contributed by atoms with van der Waals surface area (Å²) < 4.78 is 4.96. The van der Waals surface area contributed by atoms with Gasteiger partial charge in [-0.15, -0.1) is 0 Å². The topological polar surface area (TPSA) is 84.3 Å². The van der Waals surface area contributed by atoms with Crippen molar-refractivity contribution in [2.75, 3.05) is 24.2 Å². The molecule has 0 aliphatic carbocycles. The van der Waals surface area contributed by atoms with E-state index in [4.69, 9.17) is 15.3 Å². The summed E-state index contributed by atoms with van der Waals surface area (Å²) in [6, 6.07) is 0.142. The third-order valence-corrected chi connectivity index (χ3v) is 1.21. The van der Waals surface area contributed by atoms with E-state index in [9.17, 15) is 0 Å². The second-order valence-corrected chi connectivity index (χ2v) is 2.12. The van der Waals surface area contributed by atoms with Crippen molar-refractivity contribution < 1.29 is 9.52 Å². The van der Waals surface area contributed by atoms with Crippen LogP contribution in [-0.2, 0) is 0 Å². The van der Waals surface area contributed by atoms with E-state index in [1.165, 1.54) is 0 Å². The number of nitrogen functional groups attached to an aromatic ring is 1. The highest BCUT2D eigenvalue weighted by atomic mass is 16.4. The maximum atomic E-state index is 8.47. The van der Waals surface area contributed by atoms with E-state index in [0.717, 1.165) is 0 Å². The predicted octanol–water partition coefficient (Wildman–Crippen LogP) is -0.0306. The molecule has 0 bridgehead atoms. The van der Waals surface area contributed by atoms with Crippen LogP contribution in [0.25, 0.3) is 0 Å². The van der Waals surface area contributed by atoms with Gasteiger partial charge in [-0.25, -0.2) is 0 Å². The molecule has 62 valence electrons. The Morgan fingerprint density at radius 2 is 2.45 bits per heavy atom. The first kappa shape index (κ1) is 7.87. The van der Waals surface area contributed by atoms with E-state index in [1.54, 1.807) is 6.92 Å². The zero-order valence-electron chi connectivity index (χ0n) is 6.29. The molecule has 0 aliphatic rings. The van der Waals surface area contributed by atoms with Crippen LogP contribution in [0.5, 0.6) is 0 Å². The van der Waals surface area contributed by atoms with Crippen LogP contribution in [0.15, 0.2) is 4.42 Å². The SMILES string of the molecule is Cc1nc(N)oc1NCCO. The van der Waals surface area contributed by atoms with Crippen molar-refractivity contribution in [3.05, 3.63) is 5.69 Å². The molecule has 0 fully saturated rings. The molecule has 0 aromatic carbocycles. The van der Waals surface area contributed by atoms with Crippen molar-refractivity contribution in [2.24, 2.45) is 0 Å². The van der Waals surface area contributed by atoms with Crippen molar-refractivity contribution in [2.45, 2.75) is 6.92 Å². The molecule has 0 amide bonds. The Kier molecular flexibility index (Phi) is 2.32. The molecule has 0 saturated carbocycles. The second-order valence-electron chi connectivity index (χ2n) is 2.12. The van der Waals surface area contributed by atoms with Gasteiger partial charge in [0, 0.05) is 6.54 Å². The minimum absolute atomic E-state index is 0.0556. The van der Waals surface area contributed by atoms with Gasteiger partial charge in [0.1, 0.15) is 5.69 Å². The Morgan fingerprint density at radius 1 is 1.73 bits per heavy atom. The van der Waals surface area contributed by atoms with Crippen LogP contribution in [-0.4, -0.2) is 23.2 Å². The van der Waals surface area contributed by atoms with Gasteiger partial charge in [0.2, 0.25) is 5.88 Å². The molecular formula is C6H11N3O2. The number of aromatic nitrogens is 1. The predicted molar refractivity (Wildman–Crippen MR) is 41.2 cm³/mol. The Morgan fingerprint density at radius 3 is 2.91 bits per heavy atom. The lowest BCUT2D eigenvalue weighted by molar-refractivity contribution is 0.310. The Bertz CT molecular complexity index is 234. The fraction of sp³-hybridized carbons (Fsp3) is 0.500. The van der Waals surface area contributed by atoms with E-state index in [0.29, 0.717) is 18.1 Å². The second kappa shape index (κ2) is 3.25. The average Bonchev–Trinajstić information content (AvgIpc) is 2.26. The number of aliphatic hydroxyl groups excluding tert-OH is 1. The van der Waals surface area contributed by atoms with Crippen LogP contribution in [0.4, 0.5) is 11.9 Å². The molecular weight excluding hydrogens is 146 g/mol. The zero-order valence-corrected chi connectivity index (χ0v) is 6.29. The van der Waals surface area contributed by atoms with Gasteiger partial charge in [-0.05, 0) is 6.92 Å². The van der Waals surface area contributed by atoms with Crippen molar-refractivity contribution in [3.63, 3.8) is 0 Å². The smallest absolute Gasteiger partial charge is 0.293 e. The minimum Gasteiger partial charge on any atom is -0.407 e. The third-order valence-electron chi connectivity index (χ3n) is 1.21. The molecule has 0 aliphatic heterocycles. The largest absolute Gasteiger partial charge is 0.407 e. The summed E-state index contributed by atoms with van der Waals surface area (Å²) in [5.41, 5.74) is 5.98. The van der Waals surface area contributed by atoms with E-state index in [1.807, 2.05) is 0 Å². The fourth-order valence-electron chi connectivity index (χ4n) is 0.751. The fourth-order valence-corrected chi connectivity index (χ4v) is 0.751. The molecule has 5 nitrogen and oxygen atoms in total. The number of aryl methyl sites for hydroxylation is 1. The van der Waals surface area contributed by atoms with Gasteiger partial charge in [0.25, 0.3) is 6.01 Å². The Hall–Kier alpha value is -1.23. The summed E-state index contributed by atoms with van der Waals surface area (Å²) in [6.45, 7) is 2.27. The first-order chi connectivity index (χ1) is 5.24. The van der Waals surface area contributed by atoms with Gasteiger partial charge in [0.05, 0.1) is 6.61 Å². The summed E-state index contributed by atoms with van der Waals surface area (Å²) in [6.07, 6.45) is 0. The molecule has 11 heavy (non-hydrogen) atoms. The molecule has 1 aromatic rings.